The third-order valence-corrected chi connectivity index (χ3v) is 2.60. The Labute approximate surface area is 93.5 Å². The van der Waals surface area contributed by atoms with Crippen LogP contribution in [0.1, 0.15) is 39.5 Å². The second kappa shape index (κ2) is 8.08. The molecule has 0 aromatic carbocycles. The summed E-state index contributed by atoms with van der Waals surface area (Å²) in [5, 5.41) is 3.37. The van der Waals surface area contributed by atoms with Crippen LogP contribution in [0, 0.1) is 0 Å². The highest BCUT2D eigenvalue weighted by Gasteiger charge is 2.13. The lowest BCUT2D eigenvalue weighted by Crippen LogP contribution is -2.26. The summed E-state index contributed by atoms with van der Waals surface area (Å²) in [5.74, 6) is 0. The van der Waals surface area contributed by atoms with Gasteiger partial charge >= 0.3 is 0 Å². The third-order valence-electron chi connectivity index (χ3n) is 2.60. The van der Waals surface area contributed by atoms with E-state index in [4.69, 9.17) is 9.47 Å². The van der Waals surface area contributed by atoms with Gasteiger partial charge in [0.25, 0.3) is 0 Å². The van der Waals surface area contributed by atoms with Crippen LogP contribution in [0.4, 0.5) is 0 Å². The fourth-order valence-electron chi connectivity index (χ4n) is 1.72. The molecule has 1 heterocycles. The minimum atomic E-state index is 0.358. The molecule has 1 aliphatic rings. The van der Waals surface area contributed by atoms with Crippen molar-refractivity contribution in [3.05, 3.63) is 0 Å². The fourth-order valence-corrected chi connectivity index (χ4v) is 1.72. The maximum Gasteiger partial charge on any atom is 0.0808 e. The lowest BCUT2D eigenvalue weighted by atomic mass is 10.1. The van der Waals surface area contributed by atoms with Crippen molar-refractivity contribution in [2.75, 3.05) is 26.4 Å². The molecule has 0 aromatic heterocycles. The highest BCUT2D eigenvalue weighted by molar-refractivity contribution is 4.62. The van der Waals surface area contributed by atoms with Gasteiger partial charge in [0.2, 0.25) is 0 Å². The van der Waals surface area contributed by atoms with Crippen molar-refractivity contribution >= 4 is 0 Å². The number of hydrogen-bond acceptors (Lipinski definition) is 3. The molecule has 1 rings (SSSR count). The van der Waals surface area contributed by atoms with E-state index in [9.17, 15) is 0 Å². The van der Waals surface area contributed by atoms with Crippen LogP contribution >= 0.6 is 0 Å². The maximum atomic E-state index is 5.59. The van der Waals surface area contributed by atoms with Crippen molar-refractivity contribution in [2.24, 2.45) is 0 Å². The molecule has 1 N–H and O–H groups in total. The molecule has 0 bridgehead atoms. The number of hydrogen-bond donors (Lipinski definition) is 1. The zero-order chi connectivity index (χ0) is 10.9. The molecule has 0 spiro atoms. The predicted molar refractivity (Wildman–Crippen MR) is 62.2 cm³/mol. The van der Waals surface area contributed by atoms with E-state index in [0.29, 0.717) is 12.1 Å². The van der Waals surface area contributed by atoms with Crippen LogP contribution in [0.15, 0.2) is 0 Å². The zero-order valence-corrected chi connectivity index (χ0v) is 10.1. The van der Waals surface area contributed by atoms with Gasteiger partial charge in [0.1, 0.15) is 0 Å². The Balaban J connectivity index is 1.83. The van der Waals surface area contributed by atoms with Crippen molar-refractivity contribution in [3.8, 4) is 0 Å². The van der Waals surface area contributed by atoms with Gasteiger partial charge in [0.15, 0.2) is 0 Å². The van der Waals surface area contributed by atoms with Crippen LogP contribution in [-0.4, -0.2) is 38.5 Å². The van der Waals surface area contributed by atoms with Crippen LogP contribution in [-0.2, 0) is 9.47 Å². The summed E-state index contributed by atoms with van der Waals surface area (Å²) in [6, 6.07) is 0.576. The smallest absolute Gasteiger partial charge is 0.0808 e. The van der Waals surface area contributed by atoms with Gasteiger partial charge in [-0.15, -0.1) is 0 Å². The monoisotopic (exact) mass is 215 g/mol. The largest absolute Gasteiger partial charge is 0.379 e. The van der Waals surface area contributed by atoms with Gasteiger partial charge in [-0.25, -0.2) is 0 Å². The van der Waals surface area contributed by atoms with Crippen LogP contribution in [0.5, 0.6) is 0 Å². The Morgan fingerprint density at radius 3 is 2.93 bits per heavy atom. The molecule has 1 saturated heterocycles. The molecule has 0 radical (unpaired) electrons. The molecule has 0 amide bonds. The first-order valence-electron chi connectivity index (χ1n) is 6.22. The molecule has 1 fully saturated rings. The average Bonchev–Trinajstić information content (AvgIpc) is 2.24. The number of nitrogens with one attached hydrogen (secondary N) is 1. The highest BCUT2D eigenvalue weighted by atomic mass is 16.5. The van der Waals surface area contributed by atoms with E-state index in [-0.39, 0.29) is 0 Å². The summed E-state index contributed by atoms with van der Waals surface area (Å²) < 4.78 is 11.2. The van der Waals surface area contributed by atoms with E-state index in [0.717, 1.165) is 32.8 Å². The number of rotatable bonds is 7. The third kappa shape index (κ3) is 6.88. The Morgan fingerprint density at radius 1 is 1.40 bits per heavy atom. The van der Waals surface area contributed by atoms with E-state index in [1.807, 2.05) is 0 Å². The lowest BCUT2D eigenvalue weighted by Gasteiger charge is -2.22. The van der Waals surface area contributed by atoms with E-state index in [1.165, 1.54) is 19.3 Å². The molecule has 1 aliphatic heterocycles. The van der Waals surface area contributed by atoms with Crippen LogP contribution in [0.25, 0.3) is 0 Å². The van der Waals surface area contributed by atoms with Crippen molar-refractivity contribution in [1.82, 2.24) is 5.32 Å². The minimum Gasteiger partial charge on any atom is -0.379 e. The molecule has 90 valence electrons. The summed E-state index contributed by atoms with van der Waals surface area (Å²) in [7, 11) is 0. The Hall–Kier alpha value is -0.120. The molecule has 3 heteroatoms. The molecule has 1 unspecified atom stereocenters. The normalized spacial score (nSPS) is 22.2. The molecule has 1 atom stereocenters. The van der Waals surface area contributed by atoms with Gasteiger partial charge in [-0.1, -0.05) is 13.8 Å². The quantitative estimate of drug-likeness (QED) is 0.659. The van der Waals surface area contributed by atoms with Crippen molar-refractivity contribution < 1.29 is 9.47 Å². The van der Waals surface area contributed by atoms with E-state index < -0.39 is 0 Å². The molecular formula is C12H25NO2. The van der Waals surface area contributed by atoms with Gasteiger partial charge in [0.05, 0.1) is 12.7 Å². The van der Waals surface area contributed by atoms with E-state index in [2.05, 4.69) is 19.2 Å². The SMILES string of the molecule is CC(C)NCCCOCC1CCCCO1. The first-order chi connectivity index (χ1) is 7.29. The van der Waals surface area contributed by atoms with E-state index in [1.54, 1.807) is 0 Å². The molecule has 0 aliphatic carbocycles. The van der Waals surface area contributed by atoms with Crippen LogP contribution in [0.3, 0.4) is 0 Å². The molecule has 15 heavy (non-hydrogen) atoms. The minimum absolute atomic E-state index is 0.358. The van der Waals surface area contributed by atoms with Crippen molar-refractivity contribution in [2.45, 2.75) is 51.7 Å². The zero-order valence-electron chi connectivity index (χ0n) is 10.1. The average molecular weight is 215 g/mol. The molecule has 0 saturated carbocycles. The summed E-state index contributed by atoms with van der Waals surface area (Å²) in [6.07, 6.45) is 5.13. The van der Waals surface area contributed by atoms with Gasteiger partial charge in [-0.3, -0.25) is 0 Å². The molecule has 3 nitrogen and oxygen atoms in total. The van der Waals surface area contributed by atoms with Crippen molar-refractivity contribution in [1.29, 1.82) is 0 Å². The van der Waals surface area contributed by atoms with Crippen molar-refractivity contribution in [3.63, 3.8) is 0 Å². The second-order valence-electron chi connectivity index (χ2n) is 4.53. The molecule has 0 aromatic rings. The number of ether oxygens (including phenoxy) is 2. The second-order valence-corrected chi connectivity index (χ2v) is 4.53. The Kier molecular flexibility index (Phi) is 6.98. The summed E-state index contributed by atoms with van der Waals surface area (Å²) in [6.45, 7) is 7.92. The van der Waals surface area contributed by atoms with Gasteiger partial charge in [-0.05, 0) is 32.2 Å². The topological polar surface area (TPSA) is 30.5 Å². The van der Waals surface area contributed by atoms with Crippen LogP contribution < -0.4 is 5.32 Å². The standard InChI is InChI=1S/C12H25NO2/c1-11(2)13-7-5-8-14-10-12-6-3-4-9-15-12/h11-13H,3-10H2,1-2H3. The Bertz CT molecular complexity index is 145. The fraction of sp³-hybridized carbons (Fsp3) is 1.00. The maximum absolute atomic E-state index is 5.59. The van der Waals surface area contributed by atoms with Gasteiger partial charge < -0.3 is 14.8 Å². The summed E-state index contributed by atoms with van der Waals surface area (Å²) in [4.78, 5) is 0. The summed E-state index contributed by atoms with van der Waals surface area (Å²) in [5.41, 5.74) is 0. The van der Waals surface area contributed by atoms with Crippen LogP contribution in [0.2, 0.25) is 0 Å². The van der Waals surface area contributed by atoms with E-state index >= 15 is 0 Å². The molecular weight excluding hydrogens is 190 g/mol. The highest BCUT2D eigenvalue weighted by Crippen LogP contribution is 2.12. The Morgan fingerprint density at radius 2 is 2.27 bits per heavy atom. The van der Waals surface area contributed by atoms with Gasteiger partial charge in [0, 0.05) is 19.3 Å². The van der Waals surface area contributed by atoms with Gasteiger partial charge in [-0.2, -0.15) is 0 Å². The lowest BCUT2D eigenvalue weighted by molar-refractivity contribution is -0.0408. The first kappa shape index (κ1) is 12.9. The predicted octanol–water partition coefficient (Wildman–Crippen LogP) is 1.96. The summed E-state index contributed by atoms with van der Waals surface area (Å²) >= 11 is 0. The first-order valence-corrected chi connectivity index (χ1v) is 6.22.